The molecule has 0 bridgehead atoms. The maximum atomic E-state index is 11.5. The number of esters is 1. The summed E-state index contributed by atoms with van der Waals surface area (Å²) in [6, 6.07) is 22.7. The van der Waals surface area contributed by atoms with Crippen molar-refractivity contribution in [3.63, 3.8) is 0 Å². The van der Waals surface area contributed by atoms with Crippen LogP contribution < -0.4 is 4.74 Å². The number of aliphatic hydroxyl groups is 1. The van der Waals surface area contributed by atoms with Crippen LogP contribution in [0.4, 0.5) is 0 Å². The molecule has 0 atom stereocenters. The van der Waals surface area contributed by atoms with Crippen LogP contribution >= 0.6 is 0 Å². The van der Waals surface area contributed by atoms with E-state index >= 15 is 0 Å². The van der Waals surface area contributed by atoms with E-state index < -0.39 is 5.97 Å². The highest BCUT2D eigenvalue weighted by molar-refractivity contribution is 5.86. The molecule has 0 spiro atoms. The lowest BCUT2D eigenvalue weighted by atomic mass is 9.97. The van der Waals surface area contributed by atoms with E-state index in [9.17, 15) is 9.90 Å². The fourth-order valence-electron chi connectivity index (χ4n) is 3.34. The number of carbonyl (C=O) groups is 1. The number of hydrogen-bond acceptors (Lipinski definition) is 4. The van der Waals surface area contributed by atoms with Gasteiger partial charge in [0.05, 0.1) is 0 Å². The predicted octanol–water partition coefficient (Wildman–Crippen LogP) is 5.36. The number of aliphatic hydroxyl groups excluding tert-OH is 1. The average Bonchev–Trinajstić information content (AvgIpc) is 2.78. The second-order valence-electron chi connectivity index (χ2n) is 7.45. The van der Waals surface area contributed by atoms with Gasteiger partial charge in [0.25, 0.3) is 0 Å². The first-order valence-electron chi connectivity index (χ1n) is 10.3. The summed E-state index contributed by atoms with van der Waals surface area (Å²) in [5, 5.41) is 9.36. The molecule has 0 heterocycles. The van der Waals surface area contributed by atoms with E-state index in [0.29, 0.717) is 17.7 Å². The third kappa shape index (κ3) is 5.83. The monoisotopic (exact) mass is 416 g/mol. The summed E-state index contributed by atoms with van der Waals surface area (Å²) >= 11 is 0. The highest BCUT2D eigenvalue weighted by Crippen LogP contribution is 2.30. The molecule has 0 saturated carbocycles. The van der Waals surface area contributed by atoms with Crippen LogP contribution in [0.15, 0.2) is 78.9 Å². The largest absolute Gasteiger partial charge is 0.490 e. The highest BCUT2D eigenvalue weighted by atomic mass is 16.6. The third-order valence-electron chi connectivity index (χ3n) is 5.05. The van der Waals surface area contributed by atoms with Gasteiger partial charge in [0.1, 0.15) is 19.0 Å². The van der Waals surface area contributed by atoms with Crippen LogP contribution in [0.5, 0.6) is 5.75 Å². The summed E-state index contributed by atoms with van der Waals surface area (Å²) in [5.74, 6) is 0.252. The smallest absolute Gasteiger partial charge is 0.333 e. The summed E-state index contributed by atoms with van der Waals surface area (Å²) < 4.78 is 11.0. The van der Waals surface area contributed by atoms with Crippen molar-refractivity contribution in [3.05, 3.63) is 90.0 Å². The molecule has 0 radical (unpaired) electrons. The molecule has 160 valence electrons. The van der Waals surface area contributed by atoms with Crippen molar-refractivity contribution in [3.8, 4) is 28.0 Å². The summed E-state index contributed by atoms with van der Waals surface area (Å²) in [5.41, 5.74) is 7.01. The molecular formula is C27H28O4. The first-order valence-corrected chi connectivity index (χ1v) is 10.3. The molecule has 0 amide bonds. The van der Waals surface area contributed by atoms with Gasteiger partial charge >= 0.3 is 5.97 Å². The Morgan fingerprint density at radius 1 is 0.935 bits per heavy atom. The zero-order chi connectivity index (χ0) is 22.2. The summed E-state index contributed by atoms with van der Waals surface area (Å²) in [7, 11) is 0. The topological polar surface area (TPSA) is 55.8 Å². The summed E-state index contributed by atoms with van der Waals surface area (Å²) in [6.45, 7) is 7.68. The van der Waals surface area contributed by atoms with Gasteiger partial charge in [-0.2, -0.15) is 0 Å². The number of ether oxygens (including phenoxy) is 2. The Labute approximate surface area is 183 Å². The molecule has 31 heavy (non-hydrogen) atoms. The van der Waals surface area contributed by atoms with Crippen LogP contribution in [-0.2, 0) is 16.0 Å². The number of benzene rings is 3. The van der Waals surface area contributed by atoms with Gasteiger partial charge in [-0.1, -0.05) is 67.2 Å². The molecule has 3 rings (SSSR count). The fraction of sp³-hybridized carbons (Fsp3) is 0.222. The van der Waals surface area contributed by atoms with E-state index in [1.165, 1.54) is 16.7 Å². The van der Waals surface area contributed by atoms with Crippen LogP contribution in [0.25, 0.3) is 22.3 Å². The second kappa shape index (κ2) is 10.6. The zero-order valence-electron chi connectivity index (χ0n) is 18.1. The number of hydrogen-bond donors (Lipinski definition) is 1. The Morgan fingerprint density at radius 3 is 2.29 bits per heavy atom. The van der Waals surface area contributed by atoms with Crippen molar-refractivity contribution in [2.75, 3.05) is 19.8 Å². The van der Waals surface area contributed by atoms with Crippen LogP contribution in [0, 0.1) is 6.92 Å². The lowest BCUT2D eigenvalue weighted by Crippen LogP contribution is -2.13. The molecule has 0 aliphatic heterocycles. The minimum absolute atomic E-state index is 0.0332. The third-order valence-corrected chi connectivity index (χ3v) is 5.05. The van der Waals surface area contributed by atoms with Crippen molar-refractivity contribution in [1.82, 2.24) is 0 Å². The predicted molar refractivity (Wildman–Crippen MR) is 124 cm³/mol. The Balaban J connectivity index is 1.77. The van der Waals surface area contributed by atoms with E-state index in [-0.39, 0.29) is 19.8 Å². The second-order valence-corrected chi connectivity index (χ2v) is 7.45. The summed E-state index contributed by atoms with van der Waals surface area (Å²) in [4.78, 5) is 11.5. The van der Waals surface area contributed by atoms with E-state index in [0.717, 1.165) is 16.7 Å². The molecule has 0 aromatic heterocycles. The van der Waals surface area contributed by atoms with Crippen LogP contribution in [-0.4, -0.2) is 30.9 Å². The molecule has 4 heteroatoms. The van der Waals surface area contributed by atoms with Gasteiger partial charge in [-0.15, -0.1) is 0 Å². The van der Waals surface area contributed by atoms with E-state index in [1.807, 2.05) is 30.3 Å². The van der Waals surface area contributed by atoms with Gasteiger partial charge in [0, 0.05) is 12.2 Å². The van der Waals surface area contributed by atoms with Gasteiger partial charge in [0.2, 0.25) is 0 Å². The average molecular weight is 417 g/mol. The molecule has 3 aromatic rings. The maximum absolute atomic E-state index is 11.5. The van der Waals surface area contributed by atoms with Gasteiger partial charge in [0.15, 0.2) is 0 Å². The van der Waals surface area contributed by atoms with Gasteiger partial charge < -0.3 is 14.6 Å². The minimum atomic E-state index is -0.429. The SMILES string of the molecule is C=C(C)C(=O)OCCOc1cc(-c2ccc(-c3ccccc3C)cc2)ccc1CCO. The first kappa shape index (κ1) is 22.3. The van der Waals surface area contributed by atoms with Gasteiger partial charge in [-0.05, 0) is 59.7 Å². The quantitative estimate of drug-likeness (QED) is 0.290. The van der Waals surface area contributed by atoms with Crippen molar-refractivity contribution in [1.29, 1.82) is 0 Å². The van der Waals surface area contributed by atoms with Crippen LogP contribution in [0.2, 0.25) is 0 Å². The Morgan fingerprint density at radius 2 is 1.61 bits per heavy atom. The van der Waals surface area contributed by atoms with Crippen molar-refractivity contribution >= 4 is 5.97 Å². The Hall–Kier alpha value is -3.37. The highest BCUT2D eigenvalue weighted by Gasteiger charge is 2.09. The summed E-state index contributed by atoms with van der Waals surface area (Å²) in [6.07, 6.45) is 0.493. The molecule has 0 saturated heterocycles. The molecule has 0 aliphatic rings. The van der Waals surface area contributed by atoms with E-state index in [2.05, 4.69) is 49.9 Å². The van der Waals surface area contributed by atoms with E-state index in [1.54, 1.807) is 6.92 Å². The van der Waals surface area contributed by atoms with Crippen LogP contribution in [0.3, 0.4) is 0 Å². The van der Waals surface area contributed by atoms with Crippen LogP contribution in [0.1, 0.15) is 18.1 Å². The van der Waals surface area contributed by atoms with E-state index in [4.69, 9.17) is 9.47 Å². The fourth-order valence-corrected chi connectivity index (χ4v) is 3.34. The van der Waals surface area contributed by atoms with Crippen molar-refractivity contribution in [2.24, 2.45) is 0 Å². The van der Waals surface area contributed by atoms with Crippen molar-refractivity contribution < 1.29 is 19.4 Å². The normalized spacial score (nSPS) is 10.5. The molecule has 3 aromatic carbocycles. The minimum Gasteiger partial charge on any atom is -0.490 e. The lowest BCUT2D eigenvalue weighted by molar-refractivity contribution is -0.139. The number of aryl methyl sites for hydroxylation is 1. The van der Waals surface area contributed by atoms with Gasteiger partial charge in [-0.3, -0.25) is 0 Å². The molecule has 1 N–H and O–H groups in total. The van der Waals surface area contributed by atoms with Gasteiger partial charge in [-0.25, -0.2) is 4.79 Å². The maximum Gasteiger partial charge on any atom is 0.333 e. The van der Waals surface area contributed by atoms with Crippen molar-refractivity contribution in [2.45, 2.75) is 20.3 Å². The molecule has 0 aliphatic carbocycles. The Bertz CT molecular complexity index is 1050. The lowest BCUT2D eigenvalue weighted by Gasteiger charge is -2.14. The standard InChI is InChI=1S/C27H28O4/c1-19(2)27(29)31-17-16-30-26-18-24(13-12-23(26)14-15-28)21-8-10-22(11-9-21)25-7-5-4-6-20(25)3/h4-13,18,28H,1,14-17H2,2-3H3. The number of carbonyl (C=O) groups excluding carboxylic acids is 1. The molecule has 0 unspecified atom stereocenters. The Kier molecular flexibility index (Phi) is 7.63. The zero-order valence-corrected chi connectivity index (χ0v) is 18.1. The molecule has 0 fully saturated rings. The number of rotatable bonds is 9. The first-order chi connectivity index (χ1) is 15.0. The molecular weight excluding hydrogens is 388 g/mol. The molecule has 4 nitrogen and oxygen atoms in total.